The predicted octanol–water partition coefficient (Wildman–Crippen LogP) is 2.37. The van der Waals surface area contributed by atoms with Gasteiger partial charge < -0.3 is 14.6 Å². The molecule has 0 aromatic rings. The third-order valence-corrected chi connectivity index (χ3v) is 2.92. The lowest BCUT2D eigenvalue weighted by atomic mass is 9.87. The summed E-state index contributed by atoms with van der Waals surface area (Å²) in [6.45, 7) is 10.2. The molecular weight excluding hydrogens is 204 g/mol. The third-order valence-electron chi connectivity index (χ3n) is 2.92. The molecule has 0 aromatic heterocycles. The smallest absolute Gasteiger partial charge is 0.110 e. The van der Waals surface area contributed by atoms with Crippen LogP contribution in [0, 0.1) is 5.41 Å². The average molecular weight is 230 g/mol. The van der Waals surface area contributed by atoms with Crippen molar-refractivity contribution < 1.29 is 14.6 Å². The highest BCUT2D eigenvalue weighted by molar-refractivity contribution is 4.92. The zero-order chi connectivity index (χ0) is 12.2. The van der Waals surface area contributed by atoms with Crippen molar-refractivity contribution in [2.45, 2.75) is 65.3 Å². The van der Waals surface area contributed by atoms with E-state index in [1.165, 1.54) is 0 Å². The Morgan fingerprint density at radius 3 is 2.38 bits per heavy atom. The Balaban J connectivity index is 2.17. The molecule has 1 fully saturated rings. The molecule has 0 saturated heterocycles. The first kappa shape index (κ1) is 13.9. The van der Waals surface area contributed by atoms with E-state index in [4.69, 9.17) is 9.47 Å². The quantitative estimate of drug-likeness (QED) is 0.761. The number of hydrogen-bond acceptors (Lipinski definition) is 3. The first-order chi connectivity index (χ1) is 7.44. The SMILES string of the molecule is CCCOC1C(O)CC1OCCC(C)(C)C. The normalized spacial score (nSPS) is 30.2. The highest BCUT2D eigenvalue weighted by Crippen LogP contribution is 2.28. The molecule has 16 heavy (non-hydrogen) atoms. The number of aliphatic hydroxyl groups is 1. The summed E-state index contributed by atoms with van der Waals surface area (Å²) in [4.78, 5) is 0. The third kappa shape index (κ3) is 4.40. The van der Waals surface area contributed by atoms with Crippen LogP contribution in [0.15, 0.2) is 0 Å². The molecule has 1 saturated carbocycles. The van der Waals surface area contributed by atoms with Gasteiger partial charge in [0.25, 0.3) is 0 Å². The highest BCUT2D eigenvalue weighted by atomic mass is 16.6. The van der Waals surface area contributed by atoms with Crippen molar-refractivity contribution in [2.75, 3.05) is 13.2 Å². The van der Waals surface area contributed by atoms with Crippen LogP contribution in [0.5, 0.6) is 0 Å². The fourth-order valence-corrected chi connectivity index (χ4v) is 1.71. The standard InChI is InChI=1S/C13H26O3/c1-5-7-16-12-10(14)9-11(12)15-8-6-13(2,3)4/h10-12,14H,5-9H2,1-4H3. The van der Waals surface area contributed by atoms with Gasteiger partial charge in [-0.3, -0.25) is 0 Å². The molecule has 1 aliphatic rings. The predicted molar refractivity (Wildman–Crippen MR) is 64.5 cm³/mol. The van der Waals surface area contributed by atoms with E-state index in [0.29, 0.717) is 12.0 Å². The molecule has 96 valence electrons. The first-order valence-corrected chi connectivity index (χ1v) is 6.35. The maximum Gasteiger partial charge on any atom is 0.110 e. The Morgan fingerprint density at radius 2 is 1.88 bits per heavy atom. The first-order valence-electron chi connectivity index (χ1n) is 6.35. The van der Waals surface area contributed by atoms with E-state index in [1.807, 2.05) is 0 Å². The van der Waals surface area contributed by atoms with Crippen molar-refractivity contribution in [3.8, 4) is 0 Å². The Hall–Kier alpha value is -0.120. The molecular formula is C13H26O3. The minimum atomic E-state index is -0.328. The summed E-state index contributed by atoms with van der Waals surface area (Å²) in [6.07, 6.45) is 2.42. The summed E-state index contributed by atoms with van der Waals surface area (Å²) in [5, 5.41) is 9.56. The Morgan fingerprint density at radius 1 is 1.19 bits per heavy atom. The number of hydrogen-bond donors (Lipinski definition) is 1. The zero-order valence-electron chi connectivity index (χ0n) is 11.0. The van der Waals surface area contributed by atoms with Gasteiger partial charge in [0.05, 0.1) is 12.2 Å². The molecule has 3 unspecified atom stereocenters. The second kappa shape index (κ2) is 5.99. The van der Waals surface area contributed by atoms with Crippen LogP contribution in [0.25, 0.3) is 0 Å². The van der Waals surface area contributed by atoms with Gasteiger partial charge in [0.1, 0.15) is 6.10 Å². The van der Waals surface area contributed by atoms with E-state index in [1.54, 1.807) is 0 Å². The number of ether oxygens (including phenoxy) is 2. The van der Waals surface area contributed by atoms with Gasteiger partial charge in [0.15, 0.2) is 0 Å². The van der Waals surface area contributed by atoms with Crippen LogP contribution in [-0.4, -0.2) is 36.6 Å². The van der Waals surface area contributed by atoms with E-state index in [2.05, 4.69) is 27.7 Å². The largest absolute Gasteiger partial charge is 0.390 e. The van der Waals surface area contributed by atoms with Crippen molar-refractivity contribution in [1.29, 1.82) is 0 Å². The van der Waals surface area contributed by atoms with Gasteiger partial charge in [0, 0.05) is 19.6 Å². The second-order valence-electron chi connectivity index (χ2n) is 5.86. The summed E-state index contributed by atoms with van der Waals surface area (Å²) < 4.78 is 11.3. The molecule has 3 heteroatoms. The van der Waals surface area contributed by atoms with Gasteiger partial charge in [-0.25, -0.2) is 0 Å². The summed E-state index contributed by atoms with van der Waals surface area (Å²) in [7, 11) is 0. The lowest BCUT2D eigenvalue weighted by Crippen LogP contribution is -2.53. The van der Waals surface area contributed by atoms with E-state index < -0.39 is 0 Å². The molecule has 3 atom stereocenters. The topological polar surface area (TPSA) is 38.7 Å². The van der Waals surface area contributed by atoms with Gasteiger partial charge in [-0.1, -0.05) is 27.7 Å². The molecule has 0 aromatic carbocycles. The summed E-state index contributed by atoms with van der Waals surface area (Å²) in [5.41, 5.74) is 0.308. The van der Waals surface area contributed by atoms with Crippen LogP contribution in [0.4, 0.5) is 0 Å². The average Bonchev–Trinajstić information content (AvgIpc) is 2.15. The fourth-order valence-electron chi connectivity index (χ4n) is 1.71. The van der Waals surface area contributed by atoms with E-state index in [9.17, 15) is 5.11 Å². The van der Waals surface area contributed by atoms with Crippen molar-refractivity contribution in [1.82, 2.24) is 0 Å². The second-order valence-corrected chi connectivity index (χ2v) is 5.86. The molecule has 0 bridgehead atoms. The monoisotopic (exact) mass is 230 g/mol. The molecule has 0 radical (unpaired) electrons. The van der Waals surface area contributed by atoms with E-state index in [-0.39, 0.29) is 18.3 Å². The molecule has 0 aliphatic heterocycles. The molecule has 0 amide bonds. The Bertz CT molecular complexity index is 198. The molecule has 3 nitrogen and oxygen atoms in total. The summed E-state index contributed by atoms with van der Waals surface area (Å²) in [6, 6.07) is 0. The molecule has 0 spiro atoms. The Labute approximate surface area is 99.1 Å². The lowest BCUT2D eigenvalue weighted by molar-refractivity contribution is -0.193. The fraction of sp³-hybridized carbons (Fsp3) is 1.00. The lowest BCUT2D eigenvalue weighted by Gasteiger charge is -2.41. The van der Waals surface area contributed by atoms with Crippen LogP contribution in [-0.2, 0) is 9.47 Å². The molecule has 1 aliphatic carbocycles. The highest BCUT2D eigenvalue weighted by Gasteiger charge is 2.41. The minimum Gasteiger partial charge on any atom is -0.390 e. The van der Waals surface area contributed by atoms with Crippen LogP contribution < -0.4 is 0 Å². The number of aliphatic hydroxyl groups excluding tert-OH is 1. The van der Waals surface area contributed by atoms with E-state index >= 15 is 0 Å². The van der Waals surface area contributed by atoms with Crippen molar-refractivity contribution in [3.63, 3.8) is 0 Å². The van der Waals surface area contributed by atoms with Crippen molar-refractivity contribution in [3.05, 3.63) is 0 Å². The van der Waals surface area contributed by atoms with Gasteiger partial charge in [0.2, 0.25) is 0 Å². The van der Waals surface area contributed by atoms with Gasteiger partial charge in [-0.05, 0) is 18.3 Å². The molecule has 0 heterocycles. The van der Waals surface area contributed by atoms with Crippen molar-refractivity contribution in [2.24, 2.45) is 5.41 Å². The zero-order valence-corrected chi connectivity index (χ0v) is 11.0. The van der Waals surface area contributed by atoms with Gasteiger partial charge in [-0.15, -0.1) is 0 Å². The molecule has 1 N–H and O–H groups in total. The van der Waals surface area contributed by atoms with Gasteiger partial charge >= 0.3 is 0 Å². The van der Waals surface area contributed by atoms with Crippen LogP contribution in [0.2, 0.25) is 0 Å². The number of rotatable bonds is 6. The van der Waals surface area contributed by atoms with Gasteiger partial charge in [-0.2, -0.15) is 0 Å². The van der Waals surface area contributed by atoms with Crippen molar-refractivity contribution >= 4 is 0 Å². The Kier molecular flexibility index (Phi) is 5.22. The maximum absolute atomic E-state index is 9.56. The van der Waals surface area contributed by atoms with E-state index in [0.717, 1.165) is 25.9 Å². The molecule has 1 rings (SSSR count). The minimum absolute atomic E-state index is 0.0973. The van der Waals surface area contributed by atoms with Crippen LogP contribution in [0.1, 0.15) is 47.0 Å². The van der Waals surface area contributed by atoms with Crippen LogP contribution >= 0.6 is 0 Å². The summed E-state index contributed by atoms with van der Waals surface area (Å²) >= 11 is 0. The maximum atomic E-state index is 9.56. The summed E-state index contributed by atoms with van der Waals surface area (Å²) in [5.74, 6) is 0. The van der Waals surface area contributed by atoms with Crippen LogP contribution in [0.3, 0.4) is 0 Å².